The first-order valence-corrected chi connectivity index (χ1v) is 8.92. The lowest BCUT2D eigenvalue weighted by molar-refractivity contribution is -0.122. The van der Waals surface area contributed by atoms with Crippen molar-refractivity contribution in [3.8, 4) is 12.3 Å². The topological polar surface area (TPSA) is 71.1 Å². The summed E-state index contributed by atoms with van der Waals surface area (Å²) >= 11 is 1.61. The molecule has 2 amide bonds. The SMILES string of the molecule is C#CCNC(=O)[C@@H](CCSC)NC(=O)c1ccc2ccccc2n1. The summed E-state index contributed by atoms with van der Waals surface area (Å²) in [4.78, 5) is 28.9. The van der Waals surface area contributed by atoms with E-state index < -0.39 is 6.04 Å². The Bertz CT molecular complexity index is 770. The van der Waals surface area contributed by atoms with Crippen LogP contribution in [-0.2, 0) is 4.79 Å². The van der Waals surface area contributed by atoms with E-state index in [2.05, 4.69) is 21.5 Å². The van der Waals surface area contributed by atoms with Gasteiger partial charge in [0.1, 0.15) is 11.7 Å². The molecule has 0 aliphatic heterocycles. The minimum Gasteiger partial charge on any atom is -0.343 e. The first-order chi connectivity index (χ1) is 11.7. The van der Waals surface area contributed by atoms with E-state index in [9.17, 15) is 9.59 Å². The van der Waals surface area contributed by atoms with Gasteiger partial charge >= 0.3 is 0 Å². The van der Waals surface area contributed by atoms with Crippen molar-refractivity contribution in [2.75, 3.05) is 18.6 Å². The second kappa shape index (κ2) is 8.94. The van der Waals surface area contributed by atoms with Crippen LogP contribution in [0.2, 0.25) is 0 Å². The highest BCUT2D eigenvalue weighted by Gasteiger charge is 2.21. The van der Waals surface area contributed by atoms with Crippen molar-refractivity contribution in [3.63, 3.8) is 0 Å². The first-order valence-electron chi connectivity index (χ1n) is 7.52. The van der Waals surface area contributed by atoms with Gasteiger partial charge in [0.05, 0.1) is 12.1 Å². The molecule has 124 valence electrons. The number of nitrogens with one attached hydrogen (secondary N) is 2. The number of pyridine rings is 1. The molecule has 1 heterocycles. The molecule has 0 unspecified atom stereocenters. The average Bonchev–Trinajstić information content (AvgIpc) is 2.62. The highest BCUT2D eigenvalue weighted by molar-refractivity contribution is 7.98. The fraction of sp³-hybridized carbons (Fsp3) is 0.278. The molecule has 1 atom stereocenters. The van der Waals surface area contributed by atoms with Crippen LogP contribution in [0.5, 0.6) is 0 Å². The molecule has 6 heteroatoms. The first kappa shape index (κ1) is 17.8. The number of benzene rings is 1. The Labute approximate surface area is 145 Å². The summed E-state index contributed by atoms with van der Waals surface area (Å²) in [6.07, 6.45) is 7.63. The van der Waals surface area contributed by atoms with Gasteiger partial charge in [0.25, 0.3) is 5.91 Å². The molecule has 1 aromatic carbocycles. The fourth-order valence-corrected chi connectivity index (χ4v) is 2.66. The Kier molecular flexibility index (Phi) is 6.64. The molecule has 0 aliphatic carbocycles. The predicted molar refractivity (Wildman–Crippen MR) is 97.8 cm³/mol. The highest BCUT2D eigenvalue weighted by Crippen LogP contribution is 2.12. The monoisotopic (exact) mass is 341 g/mol. The number of para-hydroxylation sites is 1. The molecule has 2 aromatic rings. The van der Waals surface area contributed by atoms with Crippen LogP contribution in [0.3, 0.4) is 0 Å². The zero-order valence-electron chi connectivity index (χ0n) is 13.4. The summed E-state index contributed by atoms with van der Waals surface area (Å²) < 4.78 is 0. The van der Waals surface area contributed by atoms with Crippen molar-refractivity contribution in [1.82, 2.24) is 15.6 Å². The van der Waals surface area contributed by atoms with Crippen molar-refractivity contribution in [1.29, 1.82) is 0 Å². The Morgan fingerprint density at radius 2 is 2.08 bits per heavy atom. The third kappa shape index (κ3) is 4.74. The van der Waals surface area contributed by atoms with Gasteiger partial charge in [-0.15, -0.1) is 6.42 Å². The van der Waals surface area contributed by atoms with E-state index in [-0.39, 0.29) is 24.1 Å². The Morgan fingerprint density at radius 1 is 1.29 bits per heavy atom. The Hall–Kier alpha value is -2.52. The molecule has 2 N–H and O–H groups in total. The van der Waals surface area contributed by atoms with Gasteiger partial charge in [0.15, 0.2) is 0 Å². The van der Waals surface area contributed by atoms with Crippen LogP contribution >= 0.6 is 11.8 Å². The van der Waals surface area contributed by atoms with Crippen LogP contribution in [0.1, 0.15) is 16.9 Å². The highest BCUT2D eigenvalue weighted by atomic mass is 32.2. The standard InChI is InChI=1S/C18H19N3O2S/c1-3-11-19-17(22)16(10-12-24-2)21-18(23)15-9-8-13-6-4-5-7-14(13)20-15/h1,4-9,16H,10-12H2,2H3,(H,19,22)(H,21,23)/t16-/m1/s1. The van der Waals surface area contributed by atoms with Crippen LogP contribution in [0.4, 0.5) is 0 Å². The van der Waals surface area contributed by atoms with Gasteiger partial charge in [0.2, 0.25) is 5.91 Å². The van der Waals surface area contributed by atoms with E-state index in [1.165, 1.54) is 0 Å². The molecule has 2 rings (SSSR count). The van der Waals surface area contributed by atoms with Crippen LogP contribution in [0.25, 0.3) is 10.9 Å². The number of thioether (sulfide) groups is 1. The molecule has 0 saturated carbocycles. The third-order valence-electron chi connectivity index (χ3n) is 3.43. The van der Waals surface area contributed by atoms with E-state index in [0.29, 0.717) is 6.42 Å². The van der Waals surface area contributed by atoms with E-state index in [1.807, 2.05) is 36.6 Å². The lowest BCUT2D eigenvalue weighted by Gasteiger charge is -2.17. The van der Waals surface area contributed by atoms with Gasteiger partial charge in [-0.1, -0.05) is 30.2 Å². The summed E-state index contributed by atoms with van der Waals surface area (Å²) in [7, 11) is 0. The zero-order valence-corrected chi connectivity index (χ0v) is 14.2. The van der Waals surface area contributed by atoms with Crippen LogP contribution in [0.15, 0.2) is 36.4 Å². The largest absolute Gasteiger partial charge is 0.343 e. The lowest BCUT2D eigenvalue weighted by Crippen LogP contribution is -2.47. The van der Waals surface area contributed by atoms with Crippen molar-refractivity contribution >= 4 is 34.5 Å². The summed E-state index contributed by atoms with van der Waals surface area (Å²) in [5.74, 6) is 2.45. The Morgan fingerprint density at radius 3 is 2.83 bits per heavy atom. The number of hydrogen-bond donors (Lipinski definition) is 2. The summed E-state index contributed by atoms with van der Waals surface area (Å²) in [6, 6.07) is 10.4. The maximum atomic E-state index is 12.4. The predicted octanol–water partition coefficient (Wildman–Crippen LogP) is 1.84. The van der Waals surface area contributed by atoms with E-state index in [1.54, 1.807) is 17.8 Å². The van der Waals surface area contributed by atoms with Gasteiger partial charge in [-0.3, -0.25) is 9.59 Å². The van der Waals surface area contributed by atoms with E-state index >= 15 is 0 Å². The maximum absolute atomic E-state index is 12.4. The number of terminal acetylenes is 1. The molecule has 1 aromatic heterocycles. The number of nitrogens with zero attached hydrogens (tertiary/aromatic N) is 1. The number of aromatic nitrogens is 1. The molecule has 0 fully saturated rings. The number of fused-ring (bicyclic) bond motifs is 1. The molecular formula is C18H19N3O2S. The smallest absolute Gasteiger partial charge is 0.270 e. The second-order valence-electron chi connectivity index (χ2n) is 5.12. The quantitative estimate of drug-likeness (QED) is 0.754. The molecule has 24 heavy (non-hydrogen) atoms. The van der Waals surface area contributed by atoms with Crippen LogP contribution < -0.4 is 10.6 Å². The number of carbonyl (C=O) groups is 2. The fourth-order valence-electron chi connectivity index (χ4n) is 2.19. The molecular weight excluding hydrogens is 322 g/mol. The summed E-state index contributed by atoms with van der Waals surface area (Å²) in [5, 5.41) is 6.31. The number of amides is 2. The molecule has 0 radical (unpaired) electrons. The Balaban J connectivity index is 2.12. The third-order valence-corrected chi connectivity index (χ3v) is 4.07. The minimum atomic E-state index is -0.633. The molecule has 5 nitrogen and oxygen atoms in total. The second-order valence-corrected chi connectivity index (χ2v) is 6.10. The maximum Gasteiger partial charge on any atom is 0.270 e. The van der Waals surface area contributed by atoms with Gasteiger partial charge in [-0.25, -0.2) is 4.98 Å². The van der Waals surface area contributed by atoms with Crippen molar-refractivity contribution in [2.45, 2.75) is 12.5 Å². The molecule has 0 spiro atoms. The molecule has 0 bridgehead atoms. The average molecular weight is 341 g/mol. The van der Waals surface area contributed by atoms with Gasteiger partial charge in [-0.2, -0.15) is 11.8 Å². The van der Waals surface area contributed by atoms with Crippen molar-refractivity contribution in [3.05, 3.63) is 42.1 Å². The van der Waals surface area contributed by atoms with Gasteiger partial charge in [-0.05, 0) is 30.6 Å². The number of rotatable bonds is 7. The minimum absolute atomic E-state index is 0.138. The zero-order chi connectivity index (χ0) is 17.4. The van der Waals surface area contributed by atoms with Crippen molar-refractivity contribution in [2.24, 2.45) is 0 Å². The lowest BCUT2D eigenvalue weighted by atomic mass is 10.1. The molecule has 0 aliphatic rings. The van der Waals surface area contributed by atoms with E-state index in [4.69, 9.17) is 6.42 Å². The summed E-state index contributed by atoms with van der Waals surface area (Å²) in [5.41, 5.74) is 1.02. The van der Waals surface area contributed by atoms with E-state index in [0.717, 1.165) is 16.7 Å². The van der Waals surface area contributed by atoms with Gasteiger partial charge < -0.3 is 10.6 Å². The van der Waals surface area contributed by atoms with Gasteiger partial charge in [0, 0.05) is 5.39 Å². The number of carbonyl (C=O) groups excluding carboxylic acids is 2. The van der Waals surface area contributed by atoms with Crippen LogP contribution in [-0.4, -0.2) is 41.4 Å². The van der Waals surface area contributed by atoms with Crippen molar-refractivity contribution < 1.29 is 9.59 Å². The normalized spacial score (nSPS) is 11.5. The molecule has 0 saturated heterocycles. The van der Waals surface area contributed by atoms with Crippen LogP contribution in [0, 0.1) is 12.3 Å². The number of hydrogen-bond acceptors (Lipinski definition) is 4. The summed E-state index contributed by atoms with van der Waals surface area (Å²) in [6.45, 7) is 0.138.